The molecule has 2 fully saturated rings. The summed E-state index contributed by atoms with van der Waals surface area (Å²) in [6.45, 7) is 9.53. The molecule has 172 valence electrons. The van der Waals surface area contributed by atoms with Gasteiger partial charge in [-0.15, -0.1) is 0 Å². The lowest BCUT2D eigenvalue weighted by molar-refractivity contribution is -0.124. The lowest BCUT2D eigenvalue weighted by atomic mass is 10.1. The van der Waals surface area contributed by atoms with Gasteiger partial charge >= 0.3 is 0 Å². The fourth-order valence-corrected chi connectivity index (χ4v) is 4.63. The van der Waals surface area contributed by atoms with Crippen LogP contribution in [0.2, 0.25) is 0 Å². The van der Waals surface area contributed by atoms with Gasteiger partial charge in [0.2, 0.25) is 5.91 Å². The Morgan fingerprint density at radius 2 is 1.91 bits per heavy atom. The third kappa shape index (κ3) is 5.30. The van der Waals surface area contributed by atoms with E-state index in [-0.39, 0.29) is 17.4 Å². The van der Waals surface area contributed by atoms with Crippen LogP contribution in [0.3, 0.4) is 0 Å². The van der Waals surface area contributed by atoms with Gasteiger partial charge in [0.15, 0.2) is 0 Å². The van der Waals surface area contributed by atoms with Crippen LogP contribution < -0.4 is 20.7 Å². The van der Waals surface area contributed by atoms with Crippen molar-refractivity contribution >= 4 is 17.3 Å². The third-order valence-corrected chi connectivity index (χ3v) is 6.66. The molecule has 1 aromatic heterocycles. The minimum atomic E-state index is -0.130. The number of aryl methyl sites for hydroxylation is 2. The number of hydrogen-bond acceptors (Lipinski definition) is 6. The Morgan fingerprint density at radius 3 is 2.66 bits per heavy atom. The first-order valence-corrected chi connectivity index (χ1v) is 11.6. The maximum atomic E-state index is 12.6. The SMILES string of the molecule is Cc1ccccc1N1CCN(CCCNC(=O)C2CCN(c3cnn(C)c(=O)c3)C2)CC1. The van der Waals surface area contributed by atoms with Crippen molar-refractivity contribution < 1.29 is 4.79 Å². The minimum Gasteiger partial charge on any atom is -0.369 e. The van der Waals surface area contributed by atoms with Gasteiger partial charge in [0, 0.05) is 64.6 Å². The van der Waals surface area contributed by atoms with Crippen LogP contribution in [0.15, 0.2) is 41.3 Å². The summed E-state index contributed by atoms with van der Waals surface area (Å²) in [6.07, 6.45) is 3.47. The number of para-hydroxylation sites is 1. The van der Waals surface area contributed by atoms with Crippen molar-refractivity contribution in [1.29, 1.82) is 0 Å². The highest BCUT2D eigenvalue weighted by atomic mass is 16.2. The normalized spacial score (nSPS) is 19.4. The summed E-state index contributed by atoms with van der Waals surface area (Å²) in [6, 6.07) is 10.2. The Hall–Kier alpha value is -2.87. The van der Waals surface area contributed by atoms with E-state index in [1.165, 1.54) is 15.9 Å². The summed E-state index contributed by atoms with van der Waals surface area (Å²) in [5.74, 6) is 0.0883. The predicted molar refractivity (Wildman–Crippen MR) is 127 cm³/mol. The molecule has 1 aromatic carbocycles. The Kier molecular flexibility index (Phi) is 7.09. The summed E-state index contributed by atoms with van der Waals surface area (Å²) in [5.41, 5.74) is 3.35. The van der Waals surface area contributed by atoms with Crippen LogP contribution in [0.25, 0.3) is 0 Å². The molecule has 4 rings (SSSR count). The monoisotopic (exact) mass is 438 g/mol. The number of carbonyl (C=O) groups excluding carboxylic acids is 1. The molecule has 1 amide bonds. The molecular formula is C24H34N6O2. The standard InChI is InChI=1S/C24H34N6O2/c1-19-6-3-4-7-22(19)29-14-12-28(13-15-29)10-5-9-25-24(32)20-8-11-30(18-20)21-16-23(31)27(2)26-17-21/h3-4,6-7,16-17,20H,5,8-15,18H2,1-2H3,(H,25,32). The number of nitrogens with zero attached hydrogens (tertiary/aromatic N) is 5. The average Bonchev–Trinajstić information content (AvgIpc) is 3.30. The van der Waals surface area contributed by atoms with Gasteiger partial charge in [-0.1, -0.05) is 18.2 Å². The Bertz CT molecular complexity index is 982. The number of carbonyl (C=O) groups is 1. The molecule has 0 saturated carbocycles. The Labute approximate surface area is 189 Å². The van der Waals surface area contributed by atoms with Gasteiger partial charge in [0.25, 0.3) is 5.56 Å². The van der Waals surface area contributed by atoms with Gasteiger partial charge in [-0.2, -0.15) is 5.10 Å². The number of piperazine rings is 1. The van der Waals surface area contributed by atoms with Gasteiger partial charge in [-0.05, 0) is 37.9 Å². The first-order valence-electron chi connectivity index (χ1n) is 11.6. The first-order chi connectivity index (χ1) is 15.5. The van der Waals surface area contributed by atoms with Crippen molar-refractivity contribution in [2.75, 3.05) is 62.2 Å². The van der Waals surface area contributed by atoms with Crippen LogP contribution in [0.5, 0.6) is 0 Å². The zero-order chi connectivity index (χ0) is 22.5. The van der Waals surface area contributed by atoms with Crippen molar-refractivity contribution in [2.24, 2.45) is 13.0 Å². The molecule has 8 heteroatoms. The summed E-state index contributed by atoms with van der Waals surface area (Å²) in [4.78, 5) is 31.4. The zero-order valence-electron chi connectivity index (χ0n) is 19.2. The second-order valence-corrected chi connectivity index (χ2v) is 8.87. The van der Waals surface area contributed by atoms with Crippen molar-refractivity contribution in [1.82, 2.24) is 20.0 Å². The fourth-order valence-electron chi connectivity index (χ4n) is 4.63. The molecule has 2 saturated heterocycles. The molecule has 1 N–H and O–H groups in total. The number of benzene rings is 1. The van der Waals surface area contributed by atoms with E-state index in [1.54, 1.807) is 19.3 Å². The van der Waals surface area contributed by atoms with Crippen LogP contribution in [0.4, 0.5) is 11.4 Å². The molecule has 3 heterocycles. The Balaban J connectivity index is 1.14. The molecule has 0 bridgehead atoms. The second-order valence-electron chi connectivity index (χ2n) is 8.87. The summed E-state index contributed by atoms with van der Waals surface area (Å²) in [5, 5.41) is 7.19. The van der Waals surface area contributed by atoms with Crippen LogP contribution in [-0.2, 0) is 11.8 Å². The molecule has 0 aliphatic carbocycles. The third-order valence-electron chi connectivity index (χ3n) is 6.66. The maximum Gasteiger partial charge on any atom is 0.268 e. The summed E-state index contributed by atoms with van der Waals surface area (Å²) in [7, 11) is 1.64. The fraction of sp³-hybridized carbons (Fsp3) is 0.542. The largest absolute Gasteiger partial charge is 0.369 e. The molecular weight excluding hydrogens is 404 g/mol. The Morgan fingerprint density at radius 1 is 1.12 bits per heavy atom. The number of aromatic nitrogens is 2. The van der Waals surface area contributed by atoms with E-state index in [4.69, 9.17) is 0 Å². The van der Waals surface area contributed by atoms with Crippen LogP contribution in [-0.4, -0.2) is 72.9 Å². The van der Waals surface area contributed by atoms with Crippen molar-refractivity contribution in [3.05, 3.63) is 52.4 Å². The molecule has 8 nitrogen and oxygen atoms in total. The first kappa shape index (κ1) is 22.3. The molecule has 1 atom stereocenters. The highest BCUT2D eigenvalue weighted by Crippen LogP contribution is 2.22. The topological polar surface area (TPSA) is 73.7 Å². The van der Waals surface area contributed by atoms with Gasteiger partial charge < -0.3 is 15.1 Å². The molecule has 0 spiro atoms. The number of nitrogens with one attached hydrogen (secondary N) is 1. The van der Waals surface area contributed by atoms with Gasteiger partial charge in [0.05, 0.1) is 17.8 Å². The van der Waals surface area contributed by atoms with E-state index in [0.29, 0.717) is 13.1 Å². The number of anilines is 2. The van der Waals surface area contributed by atoms with E-state index in [9.17, 15) is 9.59 Å². The van der Waals surface area contributed by atoms with Crippen molar-refractivity contribution in [3.8, 4) is 0 Å². The van der Waals surface area contributed by atoms with Crippen LogP contribution in [0.1, 0.15) is 18.4 Å². The lowest BCUT2D eigenvalue weighted by Gasteiger charge is -2.36. The quantitative estimate of drug-likeness (QED) is 0.656. The van der Waals surface area contributed by atoms with E-state index < -0.39 is 0 Å². The highest BCUT2D eigenvalue weighted by Gasteiger charge is 2.28. The van der Waals surface area contributed by atoms with E-state index in [2.05, 4.69) is 56.3 Å². The highest BCUT2D eigenvalue weighted by molar-refractivity contribution is 5.80. The maximum absolute atomic E-state index is 12.6. The average molecular weight is 439 g/mol. The van der Waals surface area contributed by atoms with E-state index in [0.717, 1.165) is 57.8 Å². The molecule has 2 aromatic rings. The summed E-state index contributed by atoms with van der Waals surface area (Å²) >= 11 is 0. The van der Waals surface area contributed by atoms with Crippen molar-refractivity contribution in [3.63, 3.8) is 0 Å². The molecule has 2 aliphatic heterocycles. The van der Waals surface area contributed by atoms with Gasteiger partial charge in [0.1, 0.15) is 0 Å². The molecule has 32 heavy (non-hydrogen) atoms. The van der Waals surface area contributed by atoms with Gasteiger partial charge in [-0.3, -0.25) is 14.5 Å². The molecule has 2 aliphatic rings. The minimum absolute atomic E-state index is 0.0308. The van der Waals surface area contributed by atoms with E-state index in [1.807, 2.05) is 0 Å². The van der Waals surface area contributed by atoms with Crippen LogP contribution >= 0.6 is 0 Å². The number of amides is 1. The predicted octanol–water partition coefficient (Wildman–Crippen LogP) is 1.24. The van der Waals surface area contributed by atoms with Gasteiger partial charge in [-0.25, -0.2) is 4.68 Å². The lowest BCUT2D eigenvalue weighted by Crippen LogP contribution is -2.47. The van der Waals surface area contributed by atoms with Crippen LogP contribution in [0, 0.1) is 12.8 Å². The van der Waals surface area contributed by atoms with E-state index >= 15 is 0 Å². The number of rotatable bonds is 7. The smallest absolute Gasteiger partial charge is 0.268 e. The molecule has 1 unspecified atom stereocenters. The number of hydrogen-bond donors (Lipinski definition) is 1. The summed E-state index contributed by atoms with van der Waals surface area (Å²) < 4.78 is 1.31. The zero-order valence-corrected chi connectivity index (χ0v) is 19.2. The second kappa shape index (κ2) is 10.2. The molecule has 0 radical (unpaired) electrons. The van der Waals surface area contributed by atoms with Crippen molar-refractivity contribution in [2.45, 2.75) is 19.8 Å².